The molecule has 0 spiro atoms. The molecule has 1 aliphatic heterocycles. The van der Waals surface area contributed by atoms with Crippen LogP contribution in [-0.4, -0.2) is 29.0 Å². The zero-order valence-electron chi connectivity index (χ0n) is 13.8. The molecule has 0 N–H and O–H groups in total. The molecule has 4 nitrogen and oxygen atoms in total. The highest BCUT2D eigenvalue weighted by atomic mass is 32.1. The Labute approximate surface area is 158 Å². The molecule has 4 heterocycles. The first-order valence-corrected chi connectivity index (χ1v) is 10.9. The molecule has 1 aliphatic rings. The van der Waals surface area contributed by atoms with Crippen molar-refractivity contribution in [2.45, 2.75) is 25.9 Å². The maximum atomic E-state index is 11.8. The van der Waals surface area contributed by atoms with Crippen molar-refractivity contribution in [3.63, 3.8) is 0 Å². The summed E-state index contributed by atoms with van der Waals surface area (Å²) in [5, 5.41) is 6.74. The maximum absolute atomic E-state index is 11.8. The van der Waals surface area contributed by atoms with Crippen LogP contribution in [0.4, 0.5) is 0 Å². The van der Waals surface area contributed by atoms with Crippen LogP contribution in [-0.2, 0) is 17.7 Å². The Morgan fingerprint density at radius 2 is 2.24 bits per heavy atom. The van der Waals surface area contributed by atoms with E-state index in [0.29, 0.717) is 11.6 Å². The van der Waals surface area contributed by atoms with E-state index in [-0.39, 0.29) is 12.0 Å². The van der Waals surface area contributed by atoms with E-state index >= 15 is 0 Å². The topological polar surface area (TPSA) is 42.4 Å². The number of thiophene rings is 2. The van der Waals surface area contributed by atoms with Crippen molar-refractivity contribution in [2.24, 2.45) is 0 Å². The van der Waals surface area contributed by atoms with Crippen LogP contribution < -0.4 is 0 Å². The molecule has 0 radical (unpaired) electrons. The van der Waals surface area contributed by atoms with Gasteiger partial charge in [0.1, 0.15) is 0 Å². The molecule has 0 amide bonds. The highest BCUT2D eigenvalue weighted by Crippen LogP contribution is 2.40. The minimum atomic E-state index is -0.327. The van der Waals surface area contributed by atoms with E-state index in [4.69, 9.17) is 4.74 Å². The van der Waals surface area contributed by atoms with Gasteiger partial charge in [0.05, 0.1) is 18.3 Å². The highest BCUT2D eigenvalue weighted by molar-refractivity contribution is 7.11. The van der Waals surface area contributed by atoms with Crippen molar-refractivity contribution in [1.82, 2.24) is 9.88 Å². The van der Waals surface area contributed by atoms with Crippen molar-refractivity contribution >= 4 is 40.0 Å². The number of carbonyl (C=O) groups is 1. The minimum Gasteiger partial charge on any atom is -0.461 e. The number of rotatable bonds is 5. The van der Waals surface area contributed by atoms with Crippen LogP contribution >= 0.6 is 34.0 Å². The number of aromatic nitrogens is 1. The Morgan fingerprint density at radius 1 is 1.32 bits per heavy atom. The van der Waals surface area contributed by atoms with Gasteiger partial charge in [-0.25, -0.2) is 9.78 Å². The Kier molecular flexibility index (Phi) is 4.98. The fourth-order valence-corrected chi connectivity index (χ4v) is 5.67. The van der Waals surface area contributed by atoms with Crippen molar-refractivity contribution in [3.8, 4) is 0 Å². The molecule has 0 saturated heterocycles. The summed E-state index contributed by atoms with van der Waals surface area (Å²) in [4.78, 5) is 21.6. The molecule has 3 aromatic rings. The van der Waals surface area contributed by atoms with Crippen molar-refractivity contribution in [3.05, 3.63) is 60.4 Å². The van der Waals surface area contributed by atoms with Gasteiger partial charge in [0.25, 0.3) is 0 Å². The van der Waals surface area contributed by atoms with E-state index < -0.39 is 0 Å². The Hall–Kier alpha value is -1.54. The standard InChI is InChI=1S/C18H18N2O2S3/c1-2-22-18(21)17-19-12(11-25-17)10-20-7-5-14-13(6-9-24-14)16(20)15-4-3-8-23-15/h3-4,6,8-9,11,16H,2,5,7,10H2,1H3/t16-/m0/s1. The van der Waals surface area contributed by atoms with Crippen LogP contribution in [0.15, 0.2) is 34.3 Å². The number of hydrogen-bond donors (Lipinski definition) is 0. The van der Waals surface area contributed by atoms with E-state index in [1.165, 1.54) is 26.7 Å². The number of hydrogen-bond acceptors (Lipinski definition) is 7. The van der Waals surface area contributed by atoms with Gasteiger partial charge in [0.2, 0.25) is 5.01 Å². The van der Waals surface area contributed by atoms with Gasteiger partial charge in [0.15, 0.2) is 0 Å². The van der Waals surface area contributed by atoms with E-state index in [1.54, 1.807) is 11.3 Å². The quantitative estimate of drug-likeness (QED) is 0.598. The van der Waals surface area contributed by atoms with E-state index in [1.807, 2.05) is 23.6 Å². The largest absolute Gasteiger partial charge is 0.461 e. The molecule has 3 aromatic heterocycles. The van der Waals surface area contributed by atoms with Gasteiger partial charge in [-0.15, -0.1) is 34.0 Å². The highest BCUT2D eigenvalue weighted by Gasteiger charge is 2.30. The van der Waals surface area contributed by atoms with Crippen LogP contribution in [0.3, 0.4) is 0 Å². The summed E-state index contributed by atoms with van der Waals surface area (Å²) in [6.45, 7) is 3.93. The number of nitrogens with zero attached hydrogens (tertiary/aromatic N) is 2. The number of fused-ring (bicyclic) bond motifs is 1. The van der Waals surface area contributed by atoms with Gasteiger partial charge in [-0.2, -0.15) is 0 Å². The normalized spacial score (nSPS) is 17.4. The second kappa shape index (κ2) is 7.37. The number of carbonyl (C=O) groups excluding carboxylic acids is 1. The second-order valence-corrected chi connectivity index (χ2v) is 8.64. The molecular formula is C18H18N2O2S3. The lowest BCUT2D eigenvalue weighted by Gasteiger charge is -2.35. The number of ether oxygens (including phenoxy) is 1. The van der Waals surface area contributed by atoms with Crippen molar-refractivity contribution in [2.75, 3.05) is 13.2 Å². The summed E-state index contributed by atoms with van der Waals surface area (Å²) in [7, 11) is 0. The molecule has 1 atom stereocenters. The van der Waals surface area contributed by atoms with Crippen LogP contribution in [0.5, 0.6) is 0 Å². The van der Waals surface area contributed by atoms with E-state index in [0.717, 1.165) is 25.2 Å². The van der Waals surface area contributed by atoms with Gasteiger partial charge >= 0.3 is 5.97 Å². The van der Waals surface area contributed by atoms with Crippen molar-refractivity contribution in [1.29, 1.82) is 0 Å². The van der Waals surface area contributed by atoms with Gasteiger partial charge in [-0.1, -0.05) is 6.07 Å². The smallest absolute Gasteiger partial charge is 0.367 e. The van der Waals surface area contributed by atoms with Crippen LogP contribution in [0.2, 0.25) is 0 Å². The molecular weight excluding hydrogens is 372 g/mol. The molecule has 7 heteroatoms. The summed E-state index contributed by atoms with van der Waals surface area (Å²) in [5.74, 6) is -0.327. The maximum Gasteiger partial charge on any atom is 0.367 e. The second-order valence-electron chi connectivity index (χ2n) is 5.80. The molecule has 0 bridgehead atoms. The molecule has 0 unspecified atom stereocenters. The molecule has 0 aromatic carbocycles. The molecule has 4 rings (SSSR count). The van der Waals surface area contributed by atoms with Crippen LogP contribution in [0.25, 0.3) is 0 Å². The fourth-order valence-electron chi connectivity index (χ4n) is 3.19. The Morgan fingerprint density at radius 3 is 3.04 bits per heavy atom. The first kappa shape index (κ1) is 16.9. The van der Waals surface area contributed by atoms with E-state index in [9.17, 15) is 4.79 Å². The summed E-state index contributed by atoms with van der Waals surface area (Å²) in [6.07, 6.45) is 1.07. The third kappa shape index (κ3) is 3.42. The first-order valence-electron chi connectivity index (χ1n) is 8.21. The monoisotopic (exact) mass is 390 g/mol. The lowest BCUT2D eigenvalue weighted by atomic mass is 9.98. The van der Waals surface area contributed by atoms with Gasteiger partial charge in [0, 0.05) is 28.2 Å². The minimum absolute atomic E-state index is 0.280. The molecule has 130 valence electrons. The lowest BCUT2D eigenvalue weighted by Crippen LogP contribution is -2.34. The average molecular weight is 391 g/mol. The predicted octanol–water partition coefficient (Wildman–Crippen LogP) is 4.59. The SMILES string of the molecule is CCOC(=O)c1nc(CN2CCc3sccc3[C@H]2c2cccs2)cs1. The molecule has 25 heavy (non-hydrogen) atoms. The third-order valence-electron chi connectivity index (χ3n) is 4.25. The predicted molar refractivity (Wildman–Crippen MR) is 103 cm³/mol. The zero-order valence-corrected chi connectivity index (χ0v) is 16.3. The zero-order chi connectivity index (χ0) is 17.2. The van der Waals surface area contributed by atoms with Crippen molar-refractivity contribution < 1.29 is 9.53 Å². The lowest BCUT2D eigenvalue weighted by molar-refractivity contribution is 0.0525. The average Bonchev–Trinajstić information content (AvgIpc) is 3.36. The van der Waals surface area contributed by atoms with Crippen LogP contribution in [0.1, 0.15) is 43.8 Å². The van der Waals surface area contributed by atoms with Crippen LogP contribution in [0, 0.1) is 0 Å². The Balaban J connectivity index is 1.58. The first-order chi connectivity index (χ1) is 12.3. The fraction of sp³-hybridized carbons (Fsp3) is 0.333. The van der Waals surface area contributed by atoms with Gasteiger partial charge in [-0.3, -0.25) is 4.90 Å². The number of thiazole rings is 1. The molecule has 0 saturated carbocycles. The Bertz CT molecular complexity index is 853. The van der Waals surface area contributed by atoms with Gasteiger partial charge < -0.3 is 4.74 Å². The van der Waals surface area contributed by atoms with E-state index in [2.05, 4.69) is 38.8 Å². The molecule has 0 fully saturated rings. The summed E-state index contributed by atoms with van der Waals surface area (Å²) in [6, 6.07) is 6.85. The summed E-state index contributed by atoms with van der Waals surface area (Å²) < 4.78 is 5.05. The summed E-state index contributed by atoms with van der Waals surface area (Å²) in [5.41, 5.74) is 2.35. The molecule has 0 aliphatic carbocycles. The number of esters is 1. The van der Waals surface area contributed by atoms with Gasteiger partial charge in [-0.05, 0) is 41.8 Å². The third-order valence-corrected chi connectivity index (χ3v) is 7.04. The summed E-state index contributed by atoms with van der Waals surface area (Å²) >= 11 is 5.01.